The molecule has 0 aliphatic carbocycles. The maximum absolute atomic E-state index is 5.21. The molecule has 0 radical (unpaired) electrons. The molecule has 1 atom stereocenters. The summed E-state index contributed by atoms with van der Waals surface area (Å²) in [5, 5.41) is 4.21. The zero-order valence-corrected chi connectivity index (χ0v) is 10.6. The molecule has 0 aliphatic rings. The highest BCUT2D eigenvalue weighted by molar-refractivity contribution is 5.82. The molecule has 1 unspecified atom stereocenters. The first kappa shape index (κ1) is 11.8. The standard InChI is InChI=1S/C13H17N3O/c1-8-11-6-5-10(17-4)7-12(11)16-13(15-8)9(2)14-3/h5-7,9,14H,1-4H3. The van der Waals surface area contributed by atoms with Crippen LogP contribution in [0.25, 0.3) is 10.9 Å². The van der Waals surface area contributed by atoms with Crippen LogP contribution in [-0.4, -0.2) is 24.1 Å². The second kappa shape index (κ2) is 4.67. The highest BCUT2D eigenvalue weighted by Gasteiger charge is 2.10. The van der Waals surface area contributed by atoms with Gasteiger partial charge in [0.25, 0.3) is 0 Å². The van der Waals surface area contributed by atoms with Crippen molar-refractivity contribution >= 4 is 10.9 Å². The average molecular weight is 231 g/mol. The smallest absolute Gasteiger partial charge is 0.145 e. The lowest BCUT2D eigenvalue weighted by molar-refractivity contribution is 0.415. The van der Waals surface area contributed by atoms with Crippen molar-refractivity contribution in [2.75, 3.05) is 14.2 Å². The van der Waals surface area contributed by atoms with Crippen molar-refractivity contribution in [1.82, 2.24) is 15.3 Å². The van der Waals surface area contributed by atoms with Crippen LogP contribution in [0.2, 0.25) is 0 Å². The average Bonchev–Trinajstić information content (AvgIpc) is 2.36. The molecule has 0 saturated carbocycles. The second-order valence-corrected chi connectivity index (χ2v) is 4.06. The number of aryl methyl sites for hydroxylation is 1. The monoisotopic (exact) mass is 231 g/mol. The topological polar surface area (TPSA) is 47.0 Å². The number of hydrogen-bond acceptors (Lipinski definition) is 4. The molecule has 2 rings (SSSR count). The molecular weight excluding hydrogens is 214 g/mol. The summed E-state index contributed by atoms with van der Waals surface area (Å²) in [6.45, 7) is 4.04. The minimum Gasteiger partial charge on any atom is -0.497 e. The molecule has 90 valence electrons. The number of methoxy groups -OCH3 is 1. The molecule has 0 fully saturated rings. The lowest BCUT2D eigenvalue weighted by Gasteiger charge is -2.11. The van der Waals surface area contributed by atoms with Gasteiger partial charge < -0.3 is 10.1 Å². The van der Waals surface area contributed by atoms with Crippen LogP contribution in [-0.2, 0) is 0 Å². The molecule has 0 spiro atoms. The number of fused-ring (bicyclic) bond motifs is 1. The summed E-state index contributed by atoms with van der Waals surface area (Å²) in [6, 6.07) is 6.01. The first-order valence-corrected chi connectivity index (χ1v) is 5.65. The third kappa shape index (κ3) is 2.22. The van der Waals surface area contributed by atoms with E-state index in [1.54, 1.807) is 7.11 Å². The first-order chi connectivity index (χ1) is 8.15. The maximum atomic E-state index is 5.21. The molecule has 0 amide bonds. The van der Waals surface area contributed by atoms with Crippen LogP contribution in [0.4, 0.5) is 0 Å². The van der Waals surface area contributed by atoms with E-state index in [2.05, 4.69) is 15.3 Å². The van der Waals surface area contributed by atoms with Gasteiger partial charge in [0, 0.05) is 17.1 Å². The van der Waals surface area contributed by atoms with Crippen molar-refractivity contribution < 1.29 is 4.74 Å². The van der Waals surface area contributed by atoms with Gasteiger partial charge in [0.1, 0.15) is 11.6 Å². The largest absolute Gasteiger partial charge is 0.497 e. The molecule has 1 aromatic heterocycles. The number of hydrogen-bond donors (Lipinski definition) is 1. The van der Waals surface area contributed by atoms with Gasteiger partial charge in [0.15, 0.2) is 0 Å². The van der Waals surface area contributed by atoms with Crippen molar-refractivity contribution in [2.45, 2.75) is 19.9 Å². The zero-order valence-electron chi connectivity index (χ0n) is 10.6. The van der Waals surface area contributed by atoms with Crippen molar-refractivity contribution in [2.24, 2.45) is 0 Å². The van der Waals surface area contributed by atoms with E-state index < -0.39 is 0 Å². The predicted octanol–water partition coefficient (Wildman–Crippen LogP) is 2.23. The van der Waals surface area contributed by atoms with E-state index in [4.69, 9.17) is 4.74 Å². The molecule has 0 aliphatic heterocycles. The van der Waals surface area contributed by atoms with Crippen LogP contribution < -0.4 is 10.1 Å². The molecule has 17 heavy (non-hydrogen) atoms. The van der Waals surface area contributed by atoms with E-state index >= 15 is 0 Å². The minimum absolute atomic E-state index is 0.143. The quantitative estimate of drug-likeness (QED) is 0.880. The Balaban J connectivity index is 2.61. The molecule has 2 aromatic rings. The molecule has 4 nitrogen and oxygen atoms in total. The number of nitrogens with one attached hydrogen (secondary N) is 1. The van der Waals surface area contributed by atoms with Crippen molar-refractivity contribution in [1.29, 1.82) is 0 Å². The fourth-order valence-corrected chi connectivity index (χ4v) is 1.74. The molecule has 0 bridgehead atoms. The van der Waals surface area contributed by atoms with E-state index in [1.165, 1.54) is 0 Å². The van der Waals surface area contributed by atoms with Gasteiger partial charge in [-0.2, -0.15) is 0 Å². The van der Waals surface area contributed by atoms with Gasteiger partial charge in [-0.15, -0.1) is 0 Å². The van der Waals surface area contributed by atoms with Crippen molar-refractivity contribution in [3.63, 3.8) is 0 Å². The summed E-state index contributed by atoms with van der Waals surface area (Å²) in [5.74, 6) is 1.63. The summed E-state index contributed by atoms with van der Waals surface area (Å²) < 4.78 is 5.21. The highest BCUT2D eigenvalue weighted by Crippen LogP contribution is 2.22. The van der Waals surface area contributed by atoms with Crippen LogP contribution in [0.15, 0.2) is 18.2 Å². The molecule has 0 saturated heterocycles. The molecular formula is C13H17N3O. The van der Waals surface area contributed by atoms with Gasteiger partial charge in [-0.1, -0.05) is 0 Å². The lowest BCUT2D eigenvalue weighted by Crippen LogP contribution is -2.16. The molecule has 1 N–H and O–H groups in total. The lowest BCUT2D eigenvalue weighted by atomic mass is 10.1. The highest BCUT2D eigenvalue weighted by atomic mass is 16.5. The Kier molecular flexibility index (Phi) is 3.24. The SMILES string of the molecule is CNC(C)c1nc(C)c2ccc(OC)cc2n1. The number of benzene rings is 1. The Hall–Kier alpha value is -1.68. The Bertz CT molecular complexity index is 539. The summed E-state index contributed by atoms with van der Waals surface area (Å²) in [4.78, 5) is 9.07. The fourth-order valence-electron chi connectivity index (χ4n) is 1.74. The van der Waals surface area contributed by atoms with E-state index in [-0.39, 0.29) is 6.04 Å². The van der Waals surface area contributed by atoms with Crippen LogP contribution >= 0.6 is 0 Å². The normalized spacial score (nSPS) is 12.7. The minimum atomic E-state index is 0.143. The summed E-state index contributed by atoms with van der Waals surface area (Å²) in [7, 11) is 3.56. The predicted molar refractivity (Wildman–Crippen MR) is 68.3 cm³/mol. The van der Waals surface area contributed by atoms with E-state index in [0.717, 1.165) is 28.2 Å². The number of aromatic nitrogens is 2. The molecule has 1 aromatic carbocycles. The first-order valence-electron chi connectivity index (χ1n) is 5.65. The third-order valence-electron chi connectivity index (χ3n) is 2.93. The third-order valence-corrected chi connectivity index (χ3v) is 2.93. The van der Waals surface area contributed by atoms with Crippen LogP contribution in [0.1, 0.15) is 24.5 Å². The van der Waals surface area contributed by atoms with Crippen LogP contribution in [0.3, 0.4) is 0 Å². The number of ether oxygens (including phenoxy) is 1. The number of rotatable bonds is 3. The fraction of sp³-hybridized carbons (Fsp3) is 0.385. The second-order valence-electron chi connectivity index (χ2n) is 4.06. The van der Waals surface area contributed by atoms with Crippen LogP contribution in [0, 0.1) is 6.92 Å². The molecule has 4 heteroatoms. The summed E-state index contributed by atoms with van der Waals surface area (Å²) >= 11 is 0. The van der Waals surface area contributed by atoms with E-state index in [0.29, 0.717) is 0 Å². The number of nitrogens with zero attached hydrogens (tertiary/aromatic N) is 2. The van der Waals surface area contributed by atoms with Gasteiger partial charge in [-0.05, 0) is 33.0 Å². The Labute approximate surface area is 101 Å². The van der Waals surface area contributed by atoms with Gasteiger partial charge in [0.05, 0.1) is 18.7 Å². The Morgan fingerprint density at radius 1 is 1.29 bits per heavy atom. The van der Waals surface area contributed by atoms with Gasteiger partial charge >= 0.3 is 0 Å². The van der Waals surface area contributed by atoms with Crippen molar-refractivity contribution in [3.05, 3.63) is 29.7 Å². The summed E-state index contributed by atoms with van der Waals surface area (Å²) in [5.41, 5.74) is 1.92. The summed E-state index contributed by atoms with van der Waals surface area (Å²) in [6.07, 6.45) is 0. The molecule has 1 heterocycles. The maximum Gasteiger partial charge on any atom is 0.145 e. The zero-order chi connectivity index (χ0) is 12.4. The Morgan fingerprint density at radius 2 is 2.06 bits per heavy atom. The van der Waals surface area contributed by atoms with Crippen molar-refractivity contribution in [3.8, 4) is 5.75 Å². The van der Waals surface area contributed by atoms with Gasteiger partial charge in [-0.25, -0.2) is 9.97 Å². The van der Waals surface area contributed by atoms with Gasteiger partial charge in [-0.3, -0.25) is 0 Å². The van der Waals surface area contributed by atoms with Gasteiger partial charge in [0.2, 0.25) is 0 Å². The van der Waals surface area contributed by atoms with Crippen LogP contribution in [0.5, 0.6) is 5.75 Å². The Morgan fingerprint density at radius 3 is 2.71 bits per heavy atom. The van der Waals surface area contributed by atoms with E-state index in [1.807, 2.05) is 39.1 Å². The van der Waals surface area contributed by atoms with E-state index in [9.17, 15) is 0 Å².